The van der Waals surface area contributed by atoms with Gasteiger partial charge in [0, 0.05) is 27.9 Å². The van der Waals surface area contributed by atoms with Crippen LogP contribution >= 0.6 is 15.9 Å². The van der Waals surface area contributed by atoms with Gasteiger partial charge in [-0.05, 0) is 24.3 Å². The maximum absolute atomic E-state index is 13.5. The van der Waals surface area contributed by atoms with Crippen molar-refractivity contribution < 1.29 is 14.1 Å². The average Bonchev–Trinajstić information content (AvgIpc) is 2.50. The Bertz CT molecular complexity index is 811. The number of nitro benzene ring substituents is 1. The molecule has 23 heavy (non-hydrogen) atoms. The van der Waals surface area contributed by atoms with Crippen LogP contribution in [0.4, 0.5) is 15.8 Å². The van der Waals surface area contributed by atoms with E-state index in [-0.39, 0.29) is 22.5 Å². The van der Waals surface area contributed by atoms with Crippen LogP contribution in [0.2, 0.25) is 0 Å². The molecule has 3 N–H and O–H groups in total. The van der Waals surface area contributed by atoms with E-state index in [4.69, 9.17) is 5.73 Å². The van der Waals surface area contributed by atoms with Crippen molar-refractivity contribution >= 4 is 39.4 Å². The van der Waals surface area contributed by atoms with Gasteiger partial charge in [0.15, 0.2) is 0 Å². The number of nitrogens with two attached hydrogens (primary N) is 1. The monoisotopic (exact) mass is 380 g/mol. The quantitative estimate of drug-likeness (QED) is 0.367. The Labute approximate surface area is 138 Å². The van der Waals surface area contributed by atoms with Gasteiger partial charge in [-0.15, -0.1) is 0 Å². The number of amides is 1. The van der Waals surface area contributed by atoms with E-state index in [2.05, 4.69) is 26.5 Å². The SMILES string of the molecule is Nc1cc(C(=O)NN=Cc2cc(Br)ccc2F)cc([N+](=O)[O-])c1. The summed E-state index contributed by atoms with van der Waals surface area (Å²) in [5.74, 6) is -1.21. The van der Waals surface area contributed by atoms with Crippen LogP contribution in [0.3, 0.4) is 0 Å². The number of non-ortho nitro benzene ring substituents is 1. The van der Waals surface area contributed by atoms with Crippen molar-refractivity contribution in [3.8, 4) is 0 Å². The Balaban J connectivity index is 2.15. The van der Waals surface area contributed by atoms with Crippen LogP contribution in [0.25, 0.3) is 0 Å². The highest BCUT2D eigenvalue weighted by Gasteiger charge is 2.13. The minimum atomic E-state index is -0.702. The summed E-state index contributed by atoms with van der Waals surface area (Å²) in [6.07, 6.45) is 1.12. The molecule has 0 aliphatic carbocycles. The van der Waals surface area contributed by atoms with Crippen LogP contribution in [0.1, 0.15) is 15.9 Å². The van der Waals surface area contributed by atoms with Crippen molar-refractivity contribution in [1.82, 2.24) is 5.43 Å². The fraction of sp³-hybridized carbons (Fsp3) is 0. The zero-order chi connectivity index (χ0) is 17.0. The molecular weight excluding hydrogens is 371 g/mol. The van der Waals surface area contributed by atoms with E-state index in [1.807, 2.05) is 0 Å². The van der Waals surface area contributed by atoms with Gasteiger partial charge < -0.3 is 5.73 Å². The van der Waals surface area contributed by atoms with Crippen LogP contribution in [-0.2, 0) is 0 Å². The number of nitrogens with one attached hydrogen (secondary N) is 1. The fourth-order valence-electron chi connectivity index (χ4n) is 1.71. The second-order valence-corrected chi connectivity index (χ2v) is 5.35. The molecule has 0 fully saturated rings. The van der Waals surface area contributed by atoms with Crippen molar-refractivity contribution in [3.63, 3.8) is 0 Å². The first kappa shape index (κ1) is 16.6. The molecule has 0 aromatic heterocycles. The number of rotatable bonds is 4. The molecule has 0 spiro atoms. The molecule has 0 aliphatic heterocycles. The number of hydrazone groups is 1. The highest BCUT2D eigenvalue weighted by molar-refractivity contribution is 9.10. The number of nitro groups is 1. The molecule has 2 rings (SSSR count). The average molecular weight is 381 g/mol. The Kier molecular flexibility index (Phi) is 5.02. The number of halogens is 2. The topological polar surface area (TPSA) is 111 Å². The molecule has 0 bridgehead atoms. The lowest BCUT2D eigenvalue weighted by molar-refractivity contribution is -0.384. The Morgan fingerprint density at radius 2 is 2.09 bits per heavy atom. The summed E-state index contributed by atoms with van der Waals surface area (Å²) in [4.78, 5) is 22.0. The smallest absolute Gasteiger partial charge is 0.272 e. The van der Waals surface area contributed by atoms with Crippen molar-refractivity contribution in [2.24, 2.45) is 5.10 Å². The third kappa shape index (κ3) is 4.33. The zero-order valence-electron chi connectivity index (χ0n) is 11.5. The summed E-state index contributed by atoms with van der Waals surface area (Å²) in [7, 11) is 0. The molecule has 9 heteroatoms. The van der Waals surface area contributed by atoms with Crippen LogP contribution in [-0.4, -0.2) is 17.0 Å². The molecule has 0 saturated carbocycles. The van der Waals surface area contributed by atoms with Gasteiger partial charge in [0.25, 0.3) is 11.6 Å². The molecule has 0 heterocycles. The maximum Gasteiger partial charge on any atom is 0.272 e. The number of benzene rings is 2. The Morgan fingerprint density at radius 1 is 1.35 bits per heavy atom. The van der Waals surface area contributed by atoms with Gasteiger partial charge in [0.1, 0.15) is 5.82 Å². The van der Waals surface area contributed by atoms with Gasteiger partial charge in [0.2, 0.25) is 0 Å². The number of hydrogen-bond acceptors (Lipinski definition) is 5. The summed E-state index contributed by atoms with van der Waals surface area (Å²) in [5.41, 5.74) is 7.58. The van der Waals surface area contributed by atoms with Crippen LogP contribution in [0, 0.1) is 15.9 Å². The summed E-state index contributed by atoms with van der Waals surface area (Å²) in [6.45, 7) is 0. The number of anilines is 1. The molecule has 2 aromatic rings. The largest absolute Gasteiger partial charge is 0.399 e. The van der Waals surface area contributed by atoms with E-state index in [0.717, 1.165) is 18.3 Å². The summed E-state index contributed by atoms with van der Waals surface area (Å²) < 4.78 is 14.1. The first-order valence-electron chi connectivity index (χ1n) is 6.20. The van der Waals surface area contributed by atoms with E-state index in [9.17, 15) is 19.3 Å². The molecule has 118 valence electrons. The molecule has 1 amide bonds. The van der Waals surface area contributed by atoms with E-state index in [0.29, 0.717) is 4.47 Å². The highest BCUT2D eigenvalue weighted by Crippen LogP contribution is 2.18. The predicted molar refractivity (Wildman–Crippen MR) is 86.7 cm³/mol. The van der Waals surface area contributed by atoms with E-state index < -0.39 is 16.6 Å². The summed E-state index contributed by atoms with van der Waals surface area (Å²) >= 11 is 3.19. The van der Waals surface area contributed by atoms with Gasteiger partial charge in [-0.1, -0.05) is 15.9 Å². The number of hydrogen-bond donors (Lipinski definition) is 2. The molecule has 0 aliphatic rings. The third-order valence-electron chi connectivity index (χ3n) is 2.74. The molecule has 7 nitrogen and oxygen atoms in total. The lowest BCUT2D eigenvalue weighted by atomic mass is 10.1. The van der Waals surface area contributed by atoms with Crippen molar-refractivity contribution in [1.29, 1.82) is 0 Å². The van der Waals surface area contributed by atoms with Crippen molar-refractivity contribution in [2.75, 3.05) is 5.73 Å². The number of carbonyl (C=O) groups is 1. The summed E-state index contributed by atoms with van der Waals surface area (Å²) in [6, 6.07) is 7.73. The Hall–Kier alpha value is -2.81. The van der Waals surface area contributed by atoms with Crippen LogP contribution < -0.4 is 11.2 Å². The second kappa shape index (κ2) is 6.97. The predicted octanol–water partition coefficient (Wildman–Crippen LogP) is 2.84. The molecule has 0 atom stereocenters. The standard InChI is InChI=1S/C14H10BrFN4O3/c15-10-1-2-13(16)9(3-10)7-18-19-14(21)8-4-11(17)6-12(5-8)20(22)23/h1-7H,17H2,(H,19,21). The number of carbonyl (C=O) groups excluding carboxylic acids is 1. The van der Waals surface area contributed by atoms with Crippen molar-refractivity contribution in [3.05, 3.63) is 67.9 Å². The van der Waals surface area contributed by atoms with Crippen LogP contribution in [0.5, 0.6) is 0 Å². The van der Waals surface area contributed by atoms with E-state index >= 15 is 0 Å². The second-order valence-electron chi connectivity index (χ2n) is 4.44. The van der Waals surface area contributed by atoms with Gasteiger partial charge in [-0.3, -0.25) is 14.9 Å². The van der Waals surface area contributed by atoms with Gasteiger partial charge in [-0.25, -0.2) is 9.82 Å². The first-order valence-corrected chi connectivity index (χ1v) is 6.99. The number of nitrogens with zero attached hydrogens (tertiary/aromatic N) is 2. The maximum atomic E-state index is 13.5. The van der Waals surface area contributed by atoms with E-state index in [1.165, 1.54) is 24.3 Å². The Morgan fingerprint density at radius 3 is 2.78 bits per heavy atom. The molecule has 2 aromatic carbocycles. The molecular formula is C14H10BrFN4O3. The van der Waals surface area contributed by atoms with Crippen LogP contribution in [0.15, 0.2) is 46.0 Å². The number of nitrogen functional groups attached to an aromatic ring is 1. The highest BCUT2D eigenvalue weighted by atomic mass is 79.9. The fourth-order valence-corrected chi connectivity index (χ4v) is 2.09. The van der Waals surface area contributed by atoms with Gasteiger partial charge in [-0.2, -0.15) is 5.10 Å². The normalized spacial score (nSPS) is 10.7. The molecule has 0 radical (unpaired) electrons. The first-order chi connectivity index (χ1) is 10.9. The van der Waals surface area contributed by atoms with Gasteiger partial charge >= 0.3 is 0 Å². The zero-order valence-corrected chi connectivity index (χ0v) is 13.1. The lowest BCUT2D eigenvalue weighted by Gasteiger charge is -2.02. The summed E-state index contributed by atoms with van der Waals surface area (Å²) in [5, 5.41) is 14.4. The minimum Gasteiger partial charge on any atom is -0.399 e. The molecule has 0 saturated heterocycles. The van der Waals surface area contributed by atoms with E-state index in [1.54, 1.807) is 0 Å². The van der Waals surface area contributed by atoms with Crippen molar-refractivity contribution in [2.45, 2.75) is 0 Å². The lowest BCUT2D eigenvalue weighted by Crippen LogP contribution is -2.18. The van der Waals surface area contributed by atoms with Gasteiger partial charge in [0.05, 0.1) is 16.7 Å². The minimum absolute atomic E-state index is 0.0245. The third-order valence-corrected chi connectivity index (χ3v) is 3.23. The molecule has 0 unspecified atom stereocenters.